The van der Waals surface area contributed by atoms with E-state index in [1.165, 1.54) is 32.1 Å². The molecule has 0 N–H and O–H groups in total. The van der Waals surface area contributed by atoms with Crippen LogP contribution in [0.3, 0.4) is 0 Å². The zero-order valence-corrected chi connectivity index (χ0v) is 11.8. The molecule has 96 valence electrons. The molecule has 0 bridgehead atoms. The quantitative estimate of drug-likeness (QED) is 0.384. The Bertz CT molecular complexity index is 144. The molecule has 0 atom stereocenters. The van der Waals surface area contributed by atoms with Crippen LogP contribution in [-0.4, -0.2) is 29.2 Å². The van der Waals surface area contributed by atoms with Crippen LogP contribution in [-0.2, 0) is 0 Å². The summed E-state index contributed by atoms with van der Waals surface area (Å²) in [6.45, 7) is 2.18. The standard InChI is InChI=1S/C12H23F3.Mg.2H/c1-2-3-4-5-6-7-8-9-10-11-12(13,14)15;;;/h2-11H2,1H3;;;/q;+2;2*-1. The van der Waals surface area contributed by atoms with E-state index in [0.717, 1.165) is 19.3 Å². The van der Waals surface area contributed by atoms with Crippen LogP contribution < -0.4 is 0 Å². The van der Waals surface area contributed by atoms with Crippen molar-refractivity contribution >= 4 is 23.1 Å². The van der Waals surface area contributed by atoms with Crippen LogP contribution >= 0.6 is 0 Å². The smallest absolute Gasteiger partial charge is 1.00 e. The molecule has 0 aromatic carbocycles. The first kappa shape index (κ1) is 18.9. The zero-order valence-electron chi connectivity index (χ0n) is 12.4. The Labute approximate surface area is 116 Å². The monoisotopic (exact) mass is 250 g/mol. The minimum atomic E-state index is -3.96. The van der Waals surface area contributed by atoms with E-state index in [-0.39, 0.29) is 25.9 Å². The van der Waals surface area contributed by atoms with Gasteiger partial charge in [-0.25, -0.2) is 0 Å². The van der Waals surface area contributed by atoms with Gasteiger partial charge in [0.15, 0.2) is 0 Å². The molecule has 0 aliphatic rings. The molecule has 0 saturated carbocycles. The molecule has 0 unspecified atom stereocenters. The minimum absolute atomic E-state index is 0. The van der Waals surface area contributed by atoms with Crippen LogP contribution in [0.25, 0.3) is 0 Å². The first-order valence-corrected chi connectivity index (χ1v) is 6.13. The first-order chi connectivity index (χ1) is 7.06. The molecule has 0 amide bonds. The van der Waals surface area contributed by atoms with Gasteiger partial charge in [0.25, 0.3) is 0 Å². The summed E-state index contributed by atoms with van der Waals surface area (Å²) in [6, 6.07) is 0. The fraction of sp³-hybridized carbons (Fsp3) is 1.00. The minimum Gasteiger partial charge on any atom is -1.00 e. The van der Waals surface area contributed by atoms with Gasteiger partial charge >= 0.3 is 29.2 Å². The van der Waals surface area contributed by atoms with Crippen molar-refractivity contribution in [2.75, 3.05) is 0 Å². The molecule has 0 aliphatic heterocycles. The summed E-state index contributed by atoms with van der Waals surface area (Å²) >= 11 is 0. The van der Waals surface area contributed by atoms with Crippen LogP contribution in [0.2, 0.25) is 0 Å². The van der Waals surface area contributed by atoms with Crippen LogP contribution in [0.5, 0.6) is 0 Å². The third-order valence-corrected chi connectivity index (χ3v) is 2.56. The third kappa shape index (κ3) is 17.0. The molecule has 0 saturated heterocycles. The molecular weight excluding hydrogens is 225 g/mol. The van der Waals surface area contributed by atoms with E-state index in [1.807, 2.05) is 0 Å². The Hall–Kier alpha value is 0.556. The largest absolute Gasteiger partial charge is 2.00 e. The Balaban J connectivity index is -0.000000327. The Morgan fingerprint density at radius 1 is 0.750 bits per heavy atom. The summed E-state index contributed by atoms with van der Waals surface area (Å²) < 4.78 is 35.3. The van der Waals surface area contributed by atoms with Crippen molar-refractivity contribution in [3.63, 3.8) is 0 Å². The fourth-order valence-corrected chi connectivity index (χ4v) is 1.64. The fourth-order valence-electron chi connectivity index (χ4n) is 1.64. The van der Waals surface area contributed by atoms with E-state index >= 15 is 0 Å². The first-order valence-electron chi connectivity index (χ1n) is 6.13. The SMILES string of the molecule is CCCCCCCCCCCC(F)(F)F.[H-].[H-].[Mg+2]. The normalized spacial score (nSPS) is 11.2. The van der Waals surface area contributed by atoms with Gasteiger partial charge in [0.1, 0.15) is 0 Å². The van der Waals surface area contributed by atoms with Crippen molar-refractivity contribution in [3.05, 3.63) is 0 Å². The van der Waals surface area contributed by atoms with Crippen LogP contribution in [0, 0.1) is 0 Å². The van der Waals surface area contributed by atoms with Crippen molar-refractivity contribution in [1.29, 1.82) is 0 Å². The van der Waals surface area contributed by atoms with Gasteiger partial charge in [0.2, 0.25) is 0 Å². The second kappa shape index (κ2) is 12.0. The molecule has 0 nitrogen and oxygen atoms in total. The van der Waals surface area contributed by atoms with Crippen molar-refractivity contribution in [3.8, 4) is 0 Å². The zero-order chi connectivity index (χ0) is 11.6. The van der Waals surface area contributed by atoms with Crippen molar-refractivity contribution < 1.29 is 16.0 Å². The maximum atomic E-state index is 11.8. The van der Waals surface area contributed by atoms with Gasteiger partial charge in [-0.05, 0) is 6.42 Å². The van der Waals surface area contributed by atoms with E-state index in [1.54, 1.807) is 0 Å². The molecule has 0 heterocycles. The molecule has 0 spiro atoms. The van der Waals surface area contributed by atoms with Gasteiger partial charge < -0.3 is 2.85 Å². The predicted molar refractivity (Wildman–Crippen MR) is 65.9 cm³/mol. The van der Waals surface area contributed by atoms with Crippen molar-refractivity contribution in [2.45, 2.75) is 77.3 Å². The molecule has 16 heavy (non-hydrogen) atoms. The van der Waals surface area contributed by atoms with E-state index < -0.39 is 12.6 Å². The molecule has 0 aliphatic carbocycles. The summed E-state index contributed by atoms with van der Waals surface area (Å²) in [5, 5.41) is 0. The maximum absolute atomic E-state index is 11.8. The van der Waals surface area contributed by atoms with Gasteiger partial charge in [0, 0.05) is 6.42 Å². The van der Waals surface area contributed by atoms with Crippen molar-refractivity contribution in [2.24, 2.45) is 0 Å². The van der Waals surface area contributed by atoms with Crippen LogP contribution in [0.1, 0.15) is 74.0 Å². The number of alkyl halides is 3. The number of halogens is 3. The molecule has 4 heteroatoms. The Morgan fingerprint density at radius 2 is 1.12 bits per heavy atom. The van der Waals surface area contributed by atoms with E-state index in [2.05, 4.69) is 6.92 Å². The number of hydrogen-bond acceptors (Lipinski definition) is 0. The summed E-state index contributed by atoms with van der Waals surface area (Å²) in [7, 11) is 0. The number of unbranched alkanes of at least 4 members (excludes halogenated alkanes) is 8. The second-order valence-electron chi connectivity index (χ2n) is 4.19. The average Bonchev–Trinajstić information content (AvgIpc) is 2.14. The van der Waals surface area contributed by atoms with E-state index in [4.69, 9.17) is 0 Å². The van der Waals surface area contributed by atoms with Gasteiger partial charge in [-0.1, -0.05) is 58.3 Å². The molecule has 0 aromatic rings. The van der Waals surface area contributed by atoms with E-state index in [0.29, 0.717) is 6.42 Å². The predicted octanol–water partition coefficient (Wildman–Crippen LogP) is 5.31. The summed E-state index contributed by atoms with van der Waals surface area (Å²) in [4.78, 5) is 0. The third-order valence-electron chi connectivity index (χ3n) is 2.56. The molecule has 0 rings (SSSR count). The summed E-state index contributed by atoms with van der Waals surface area (Å²) in [5.74, 6) is 0. The van der Waals surface area contributed by atoms with Gasteiger partial charge in [-0.15, -0.1) is 0 Å². The molecule has 0 aromatic heterocycles. The average molecular weight is 251 g/mol. The number of rotatable bonds is 9. The Morgan fingerprint density at radius 3 is 1.50 bits per heavy atom. The molecular formula is C12H25F3Mg. The summed E-state index contributed by atoms with van der Waals surface area (Å²) in [5.41, 5.74) is 0. The van der Waals surface area contributed by atoms with Gasteiger partial charge in [0.05, 0.1) is 0 Å². The van der Waals surface area contributed by atoms with Crippen LogP contribution in [0.15, 0.2) is 0 Å². The number of hydrogen-bond donors (Lipinski definition) is 0. The maximum Gasteiger partial charge on any atom is 2.00 e. The van der Waals surface area contributed by atoms with Gasteiger partial charge in [-0.2, -0.15) is 13.2 Å². The Kier molecular flexibility index (Phi) is 14.2. The topological polar surface area (TPSA) is 0 Å². The van der Waals surface area contributed by atoms with E-state index in [9.17, 15) is 13.2 Å². The van der Waals surface area contributed by atoms with Crippen LogP contribution in [0.4, 0.5) is 13.2 Å². The molecule has 0 fully saturated rings. The van der Waals surface area contributed by atoms with Crippen molar-refractivity contribution in [1.82, 2.24) is 0 Å². The second-order valence-corrected chi connectivity index (χ2v) is 4.19. The summed E-state index contributed by atoms with van der Waals surface area (Å²) in [6.07, 6.45) is 4.76. The molecule has 0 radical (unpaired) electrons. The van der Waals surface area contributed by atoms with Gasteiger partial charge in [-0.3, -0.25) is 0 Å².